The minimum atomic E-state index is 0.475. The van der Waals surface area contributed by atoms with Gasteiger partial charge in [0.2, 0.25) is 0 Å². The molecule has 2 heteroatoms. The lowest BCUT2D eigenvalue weighted by atomic mass is 9.89. The fraction of sp³-hybridized carbons (Fsp3) is 0.588. The molecule has 0 saturated carbocycles. The maximum absolute atomic E-state index is 8.87. The van der Waals surface area contributed by atoms with E-state index in [1.54, 1.807) is 0 Å². The third-order valence-corrected chi connectivity index (χ3v) is 4.33. The molecule has 1 saturated heterocycles. The Labute approximate surface area is 117 Å². The first-order valence-electron chi connectivity index (χ1n) is 7.48. The normalized spacial score (nSPS) is 18.9. The molecule has 1 aromatic carbocycles. The van der Waals surface area contributed by atoms with Gasteiger partial charge in [-0.1, -0.05) is 37.3 Å². The van der Waals surface area contributed by atoms with Crippen molar-refractivity contribution >= 4 is 0 Å². The fourth-order valence-electron chi connectivity index (χ4n) is 3.11. The summed E-state index contributed by atoms with van der Waals surface area (Å²) in [4.78, 5) is 2.52. The summed E-state index contributed by atoms with van der Waals surface area (Å²) in [5, 5.41) is 8.87. The van der Waals surface area contributed by atoms with Crippen molar-refractivity contribution in [1.82, 2.24) is 4.90 Å². The molecule has 1 aliphatic heterocycles. The third kappa shape index (κ3) is 4.08. The molecule has 0 radical (unpaired) electrons. The molecular formula is C17H24N2. The Morgan fingerprint density at radius 1 is 1.26 bits per heavy atom. The monoisotopic (exact) mass is 256 g/mol. The van der Waals surface area contributed by atoms with Crippen molar-refractivity contribution in [1.29, 1.82) is 5.26 Å². The maximum Gasteiger partial charge on any atom is 0.0638 e. The van der Waals surface area contributed by atoms with Crippen LogP contribution in [0.4, 0.5) is 0 Å². The second-order valence-electron chi connectivity index (χ2n) is 5.59. The number of nitriles is 1. The molecule has 102 valence electrons. The van der Waals surface area contributed by atoms with Crippen LogP contribution in [0.15, 0.2) is 30.3 Å². The molecule has 0 aromatic heterocycles. The molecule has 1 aromatic rings. The number of nitrogens with zero attached hydrogens (tertiary/aromatic N) is 2. The molecule has 0 N–H and O–H groups in total. The van der Waals surface area contributed by atoms with Gasteiger partial charge in [-0.15, -0.1) is 0 Å². The van der Waals surface area contributed by atoms with E-state index in [-0.39, 0.29) is 0 Å². The fourth-order valence-corrected chi connectivity index (χ4v) is 3.11. The molecular weight excluding hydrogens is 232 g/mol. The topological polar surface area (TPSA) is 27.0 Å². The van der Waals surface area contributed by atoms with Crippen molar-refractivity contribution in [2.24, 2.45) is 5.92 Å². The quantitative estimate of drug-likeness (QED) is 0.804. The van der Waals surface area contributed by atoms with Gasteiger partial charge >= 0.3 is 0 Å². The van der Waals surface area contributed by atoms with Gasteiger partial charge in [0.05, 0.1) is 12.5 Å². The lowest BCUT2D eigenvalue weighted by Gasteiger charge is -2.36. The van der Waals surface area contributed by atoms with E-state index in [1.165, 1.54) is 24.8 Å². The highest BCUT2D eigenvalue weighted by Crippen LogP contribution is 2.24. The van der Waals surface area contributed by atoms with Crippen molar-refractivity contribution in [3.63, 3.8) is 0 Å². The third-order valence-electron chi connectivity index (χ3n) is 4.33. The zero-order valence-electron chi connectivity index (χ0n) is 11.9. The SMILES string of the molecule is CCC(CC#N)N1CCC(Cc2ccccc2)CC1. The van der Waals surface area contributed by atoms with Crippen molar-refractivity contribution < 1.29 is 0 Å². The van der Waals surface area contributed by atoms with Gasteiger partial charge < -0.3 is 0 Å². The first-order chi connectivity index (χ1) is 9.33. The van der Waals surface area contributed by atoms with Crippen LogP contribution < -0.4 is 0 Å². The van der Waals surface area contributed by atoms with E-state index in [4.69, 9.17) is 5.26 Å². The molecule has 1 unspecified atom stereocenters. The molecule has 0 amide bonds. The Morgan fingerprint density at radius 2 is 1.95 bits per heavy atom. The molecule has 1 heterocycles. The average molecular weight is 256 g/mol. The standard InChI is InChI=1S/C17H24N2/c1-2-17(8-11-18)19-12-9-16(10-13-19)14-15-6-4-3-5-7-15/h3-7,16-17H,2,8-10,12-14H2,1H3. The van der Waals surface area contributed by atoms with E-state index < -0.39 is 0 Å². The van der Waals surface area contributed by atoms with Gasteiger partial charge in [-0.25, -0.2) is 0 Å². The smallest absolute Gasteiger partial charge is 0.0638 e. The predicted molar refractivity (Wildman–Crippen MR) is 78.8 cm³/mol. The van der Waals surface area contributed by atoms with E-state index in [1.807, 2.05) is 0 Å². The molecule has 1 aliphatic rings. The average Bonchev–Trinajstić information content (AvgIpc) is 2.47. The van der Waals surface area contributed by atoms with Crippen LogP contribution in [-0.2, 0) is 6.42 Å². The van der Waals surface area contributed by atoms with E-state index in [0.717, 1.165) is 25.4 Å². The van der Waals surface area contributed by atoms with E-state index >= 15 is 0 Å². The number of rotatable bonds is 5. The Bertz CT molecular complexity index is 399. The van der Waals surface area contributed by atoms with Crippen LogP contribution in [-0.4, -0.2) is 24.0 Å². The van der Waals surface area contributed by atoms with Gasteiger partial charge in [-0.05, 0) is 50.3 Å². The van der Waals surface area contributed by atoms with E-state index in [9.17, 15) is 0 Å². The predicted octanol–water partition coefficient (Wildman–Crippen LogP) is 3.63. The Kier molecular flexibility index (Phi) is 5.42. The Balaban J connectivity index is 1.81. The summed E-state index contributed by atoms with van der Waals surface area (Å²) < 4.78 is 0. The largest absolute Gasteiger partial charge is 0.299 e. The summed E-state index contributed by atoms with van der Waals surface area (Å²) in [5.74, 6) is 0.818. The van der Waals surface area contributed by atoms with Crippen LogP contribution in [0, 0.1) is 17.2 Å². The van der Waals surface area contributed by atoms with Crippen LogP contribution in [0.3, 0.4) is 0 Å². The molecule has 2 nitrogen and oxygen atoms in total. The first-order valence-corrected chi connectivity index (χ1v) is 7.48. The molecule has 0 spiro atoms. The number of piperidine rings is 1. The summed E-state index contributed by atoms with van der Waals surface area (Å²) in [6, 6.07) is 13.6. The van der Waals surface area contributed by atoms with Crippen molar-refractivity contribution in [3.05, 3.63) is 35.9 Å². The summed E-state index contributed by atoms with van der Waals surface area (Å²) in [6.45, 7) is 4.52. The maximum atomic E-state index is 8.87. The van der Waals surface area contributed by atoms with Gasteiger partial charge in [0.1, 0.15) is 0 Å². The number of hydrogen-bond acceptors (Lipinski definition) is 2. The van der Waals surface area contributed by atoms with E-state index in [0.29, 0.717) is 12.5 Å². The van der Waals surface area contributed by atoms with E-state index in [2.05, 4.69) is 48.2 Å². The molecule has 0 bridgehead atoms. The molecule has 19 heavy (non-hydrogen) atoms. The van der Waals surface area contributed by atoms with Gasteiger partial charge in [0.15, 0.2) is 0 Å². The summed E-state index contributed by atoms with van der Waals surface area (Å²) >= 11 is 0. The Hall–Kier alpha value is -1.33. The van der Waals surface area contributed by atoms with Gasteiger partial charge in [0.25, 0.3) is 0 Å². The highest BCUT2D eigenvalue weighted by molar-refractivity contribution is 5.15. The lowest BCUT2D eigenvalue weighted by molar-refractivity contribution is 0.130. The van der Waals surface area contributed by atoms with Crippen molar-refractivity contribution in [3.8, 4) is 6.07 Å². The summed E-state index contributed by atoms with van der Waals surface area (Å²) in [5.41, 5.74) is 1.46. The van der Waals surface area contributed by atoms with Crippen LogP contribution >= 0.6 is 0 Å². The highest BCUT2D eigenvalue weighted by Gasteiger charge is 2.23. The molecule has 2 rings (SSSR count). The molecule has 1 atom stereocenters. The van der Waals surface area contributed by atoms with Crippen molar-refractivity contribution in [2.75, 3.05) is 13.1 Å². The van der Waals surface area contributed by atoms with Crippen molar-refractivity contribution in [2.45, 2.75) is 45.1 Å². The second-order valence-corrected chi connectivity index (χ2v) is 5.59. The minimum absolute atomic E-state index is 0.475. The molecule has 0 aliphatic carbocycles. The van der Waals surface area contributed by atoms with Gasteiger partial charge in [-0.3, -0.25) is 4.90 Å². The lowest BCUT2D eigenvalue weighted by Crippen LogP contribution is -2.41. The number of hydrogen-bond donors (Lipinski definition) is 0. The first kappa shape index (κ1) is 14.1. The second kappa shape index (κ2) is 7.31. The van der Waals surface area contributed by atoms with Crippen LogP contribution in [0.25, 0.3) is 0 Å². The zero-order valence-corrected chi connectivity index (χ0v) is 11.9. The summed E-state index contributed by atoms with van der Waals surface area (Å²) in [7, 11) is 0. The Morgan fingerprint density at radius 3 is 2.53 bits per heavy atom. The zero-order chi connectivity index (χ0) is 13.5. The minimum Gasteiger partial charge on any atom is -0.299 e. The summed E-state index contributed by atoms with van der Waals surface area (Å²) in [6.07, 6.45) is 5.54. The van der Waals surface area contributed by atoms with Gasteiger partial charge in [0, 0.05) is 6.04 Å². The highest BCUT2D eigenvalue weighted by atomic mass is 15.2. The van der Waals surface area contributed by atoms with Crippen LogP contribution in [0.5, 0.6) is 0 Å². The van der Waals surface area contributed by atoms with Crippen LogP contribution in [0.1, 0.15) is 38.2 Å². The van der Waals surface area contributed by atoms with Gasteiger partial charge in [-0.2, -0.15) is 5.26 Å². The number of benzene rings is 1. The number of likely N-dealkylation sites (tertiary alicyclic amines) is 1. The molecule has 1 fully saturated rings. The van der Waals surface area contributed by atoms with Crippen LogP contribution in [0.2, 0.25) is 0 Å².